The highest BCUT2D eigenvalue weighted by atomic mass is 16.5. The summed E-state index contributed by atoms with van der Waals surface area (Å²) in [5.74, 6) is 0.362. The summed E-state index contributed by atoms with van der Waals surface area (Å²) in [5.41, 5.74) is -0.522. The lowest BCUT2D eigenvalue weighted by Gasteiger charge is -2.39. The number of urea groups is 1. The van der Waals surface area contributed by atoms with Crippen molar-refractivity contribution in [2.75, 3.05) is 20.3 Å². The SMILES string of the molecule is COCC[C@@H](C)NC(=O)N[C@](C)(CO)C1CCCCC1. The van der Waals surface area contributed by atoms with Gasteiger partial charge in [0, 0.05) is 19.8 Å². The molecule has 1 fully saturated rings. The Kier molecular flexibility index (Phi) is 7.30. The lowest BCUT2D eigenvalue weighted by atomic mass is 9.76. The second kappa shape index (κ2) is 8.47. The summed E-state index contributed by atoms with van der Waals surface area (Å²) in [6.45, 7) is 4.51. The summed E-state index contributed by atoms with van der Waals surface area (Å²) in [4.78, 5) is 12.1. The number of hydrogen-bond acceptors (Lipinski definition) is 3. The van der Waals surface area contributed by atoms with Crippen LogP contribution in [0.1, 0.15) is 52.4 Å². The van der Waals surface area contributed by atoms with E-state index >= 15 is 0 Å². The highest BCUT2D eigenvalue weighted by Crippen LogP contribution is 2.32. The third-order valence-electron chi connectivity index (χ3n) is 4.37. The zero-order chi connectivity index (χ0) is 15.0. The molecule has 5 nitrogen and oxygen atoms in total. The Morgan fingerprint density at radius 3 is 2.60 bits per heavy atom. The molecule has 1 aliphatic rings. The molecule has 0 spiro atoms. The summed E-state index contributed by atoms with van der Waals surface area (Å²) < 4.78 is 5.00. The average Bonchev–Trinajstić information content (AvgIpc) is 2.45. The summed E-state index contributed by atoms with van der Waals surface area (Å²) in [5, 5.41) is 15.6. The van der Waals surface area contributed by atoms with Gasteiger partial charge < -0.3 is 20.5 Å². The average molecular weight is 286 g/mol. The third kappa shape index (κ3) is 5.29. The van der Waals surface area contributed by atoms with Gasteiger partial charge in [-0.3, -0.25) is 0 Å². The highest BCUT2D eigenvalue weighted by molar-refractivity contribution is 5.75. The number of aliphatic hydroxyl groups is 1. The molecule has 3 N–H and O–H groups in total. The monoisotopic (exact) mass is 286 g/mol. The van der Waals surface area contributed by atoms with E-state index in [1.807, 2.05) is 13.8 Å². The van der Waals surface area contributed by atoms with Gasteiger partial charge in [-0.15, -0.1) is 0 Å². The molecule has 0 radical (unpaired) electrons. The van der Waals surface area contributed by atoms with Crippen LogP contribution in [0.15, 0.2) is 0 Å². The first-order chi connectivity index (χ1) is 9.51. The van der Waals surface area contributed by atoms with Crippen molar-refractivity contribution in [1.29, 1.82) is 0 Å². The smallest absolute Gasteiger partial charge is 0.315 e. The zero-order valence-corrected chi connectivity index (χ0v) is 13.1. The Hall–Kier alpha value is -0.810. The van der Waals surface area contributed by atoms with Gasteiger partial charge in [-0.05, 0) is 39.0 Å². The van der Waals surface area contributed by atoms with Gasteiger partial charge in [-0.2, -0.15) is 0 Å². The van der Waals surface area contributed by atoms with E-state index in [-0.39, 0.29) is 18.7 Å². The molecule has 1 rings (SSSR count). The maximum atomic E-state index is 12.1. The zero-order valence-electron chi connectivity index (χ0n) is 13.1. The number of nitrogens with one attached hydrogen (secondary N) is 2. The van der Waals surface area contributed by atoms with E-state index in [4.69, 9.17) is 4.74 Å². The van der Waals surface area contributed by atoms with E-state index in [0.717, 1.165) is 19.3 Å². The Bertz CT molecular complexity index is 293. The predicted molar refractivity (Wildman–Crippen MR) is 79.7 cm³/mol. The Labute approximate surface area is 122 Å². The molecule has 0 aromatic heterocycles. The predicted octanol–water partition coefficient (Wildman–Crippen LogP) is 2.04. The largest absolute Gasteiger partial charge is 0.394 e. The molecule has 5 heteroatoms. The summed E-state index contributed by atoms with van der Waals surface area (Å²) in [6.07, 6.45) is 6.58. The quantitative estimate of drug-likeness (QED) is 0.671. The van der Waals surface area contributed by atoms with Gasteiger partial charge >= 0.3 is 6.03 Å². The van der Waals surface area contributed by atoms with E-state index in [1.54, 1.807) is 7.11 Å². The van der Waals surface area contributed by atoms with Crippen LogP contribution in [0.4, 0.5) is 4.79 Å². The van der Waals surface area contributed by atoms with Gasteiger partial charge in [0.05, 0.1) is 12.1 Å². The molecular weight excluding hydrogens is 256 g/mol. The number of hydrogen-bond donors (Lipinski definition) is 3. The fourth-order valence-corrected chi connectivity index (χ4v) is 2.90. The molecule has 2 atom stereocenters. The van der Waals surface area contributed by atoms with Crippen LogP contribution in [-0.2, 0) is 4.74 Å². The maximum absolute atomic E-state index is 12.1. The molecule has 0 unspecified atom stereocenters. The number of aliphatic hydroxyl groups excluding tert-OH is 1. The molecule has 0 bridgehead atoms. The molecular formula is C15H30N2O3. The molecule has 0 saturated heterocycles. The van der Waals surface area contributed by atoms with Gasteiger partial charge in [-0.1, -0.05) is 19.3 Å². The van der Waals surface area contributed by atoms with E-state index < -0.39 is 5.54 Å². The molecule has 1 aliphatic carbocycles. The van der Waals surface area contributed by atoms with Crippen LogP contribution in [0.5, 0.6) is 0 Å². The standard InChI is InChI=1S/C15H30N2O3/c1-12(9-10-20-3)16-14(19)17-15(2,11-18)13-7-5-4-6-8-13/h12-13,18H,4-11H2,1-3H3,(H2,16,17,19)/t12-,15-/m1/s1. The number of methoxy groups -OCH3 is 1. The fraction of sp³-hybridized carbons (Fsp3) is 0.933. The minimum absolute atomic E-state index is 0.0163. The van der Waals surface area contributed by atoms with Crippen LogP contribution in [-0.4, -0.2) is 43.0 Å². The van der Waals surface area contributed by atoms with Gasteiger partial charge in [0.25, 0.3) is 0 Å². The number of ether oxygens (including phenoxy) is 1. The van der Waals surface area contributed by atoms with Gasteiger partial charge in [0.1, 0.15) is 0 Å². The van der Waals surface area contributed by atoms with Crippen molar-refractivity contribution in [1.82, 2.24) is 10.6 Å². The van der Waals surface area contributed by atoms with E-state index in [9.17, 15) is 9.90 Å². The van der Waals surface area contributed by atoms with Crippen molar-refractivity contribution in [2.45, 2.75) is 64.0 Å². The normalized spacial score (nSPS) is 21.0. The van der Waals surface area contributed by atoms with Crippen LogP contribution in [0.25, 0.3) is 0 Å². The van der Waals surface area contributed by atoms with Gasteiger partial charge in [-0.25, -0.2) is 4.79 Å². The first kappa shape index (κ1) is 17.2. The van der Waals surface area contributed by atoms with Crippen LogP contribution in [0.2, 0.25) is 0 Å². The van der Waals surface area contributed by atoms with Crippen molar-refractivity contribution in [3.63, 3.8) is 0 Å². The fourth-order valence-electron chi connectivity index (χ4n) is 2.90. The van der Waals surface area contributed by atoms with Crippen molar-refractivity contribution in [3.8, 4) is 0 Å². The molecule has 0 aromatic rings. The van der Waals surface area contributed by atoms with Crippen LogP contribution in [0.3, 0.4) is 0 Å². The topological polar surface area (TPSA) is 70.6 Å². The van der Waals surface area contributed by atoms with Crippen molar-refractivity contribution >= 4 is 6.03 Å². The van der Waals surface area contributed by atoms with E-state index in [1.165, 1.54) is 19.3 Å². The van der Waals surface area contributed by atoms with E-state index in [0.29, 0.717) is 12.5 Å². The molecule has 2 amide bonds. The summed E-state index contributed by atoms with van der Waals surface area (Å²) >= 11 is 0. The first-order valence-corrected chi connectivity index (χ1v) is 7.70. The first-order valence-electron chi connectivity index (χ1n) is 7.70. The molecule has 1 saturated carbocycles. The Morgan fingerprint density at radius 2 is 2.05 bits per heavy atom. The Morgan fingerprint density at radius 1 is 1.40 bits per heavy atom. The van der Waals surface area contributed by atoms with Crippen LogP contribution >= 0.6 is 0 Å². The molecule has 118 valence electrons. The summed E-state index contributed by atoms with van der Waals surface area (Å²) in [6, 6.07) is -0.139. The Balaban J connectivity index is 2.47. The van der Waals surface area contributed by atoms with Crippen LogP contribution < -0.4 is 10.6 Å². The van der Waals surface area contributed by atoms with Gasteiger partial charge in [0.2, 0.25) is 0 Å². The van der Waals surface area contributed by atoms with Crippen molar-refractivity contribution < 1.29 is 14.6 Å². The lowest BCUT2D eigenvalue weighted by molar-refractivity contribution is 0.100. The molecule has 0 aromatic carbocycles. The lowest BCUT2D eigenvalue weighted by Crippen LogP contribution is -2.58. The van der Waals surface area contributed by atoms with Crippen molar-refractivity contribution in [3.05, 3.63) is 0 Å². The minimum atomic E-state index is -0.522. The second-order valence-corrected chi connectivity index (χ2v) is 6.19. The molecule has 0 heterocycles. The van der Waals surface area contributed by atoms with E-state index in [2.05, 4.69) is 10.6 Å². The number of carbonyl (C=O) groups excluding carboxylic acids is 1. The number of rotatable bonds is 7. The third-order valence-corrected chi connectivity index (χ3v) is 4.37. The minimum Gasteiger partial charge on any atom is -0.394 e. The second-order valence-electron chi connectivity index (χ2n) is 6.19. The number of carbonyl (C=O) groups is 1. The molecule has 0 aliphatic heterocycles. The maximum Gasteiger partial charge on any atom is 0.315 e. The highest BCUT2D eigenvalue weighted by Gasteiger charge is 2.35. The van der Waals surface area contributed by atoms with Crippen LogP contribution in [0, 0.1) is 5.92 Å². The molecule has 20 heavy (non-hydrogen) atoms. The number of amides is 2. The van der Waals surface area contributed by atoms with Crippen molar-refractivity contribution in [2.24, 2.45) is 5.92 Å². The van der Waals surface area contributed by atoms with Gasteiger partial charge in [0.15, 0.2) is 0 Å². The summed E-state index contributed by atoms with van der Waals surface area (Å²) in [7, 11) is 1.65.